The fraction of sp³-hybridized carbons (Fsp3) is 0.636. The van der Waals surface area contributed by atoms with Gasteiger partial charge in [0.05, 0.1) is 5.71 Å². The van der Waals surface area contributed by atoms with Gasteiger partial charge in [-0.05, 0) is 65.5 Å². The van der Waals surface area contributed by atoms with Crippen molar-refractivity contribution >= 4 is 23.2 Å². The number of amides is 1. The van der Waals surface area contributed by atoms with E-state index in [0.717, 1.165) is 25.0 Å². The van der Waals surface area contributed by atoms with E-state index >= 15 is 0 Å². The monoisotopic (exact) mass is 404 g/mol. The Hall–Kier alpha value is -1.53. The average molecular weight is 405 g/mol. The van der Waals surface area contributed by atoms with Crippen molar-refractivity contribution in [2.24, 2.45) is 4.40 Å². The second-order valence-corrected chi connectivity index (χ2v) is 11.7. The highest BCUT2D eigenvalue weighted by atomic mass is 32.2. The fourth-order valence-electron chi connectivity index (χ4n) is 3.96. The van der Waals surface area contributed by atoms with E-state index in [4.69, 9.17) is 9.13 Å². The highest BCUT2D eigenvalue weighted by Gasteiger charge is 2.48. The summed E-state index contributed by atoms with van der Waals surface area (Å²) in [4.78, 5) is 14.3. The molecule has 2 aliphatic rings. The molecule has 6 heteroatoms. The number of carbonyl (C=O) groups is 1. The van der Waals surface area contributed by atoms with Crippen LogP contribution in [0.25, 0.3) is 0 Å². The Morgan fingerprint density at radius 1 is 1.14 bits per heavy atom. The van der Waals surface area contributed by atoms with Crippen LogP contribution < -0.4 is 0 Å². The van der Waals surface area contributed by atoms with E-state index < -0.39 is 17.0 Å². The SMILES string of the molecule is CC(C)(C)OC(=O)N1CCC2(CC1)C(=N[S+]([O-])C(C)(C)C)Cc1ccccc12. The normalized spacial score (nSPS) is 21.7. The van der Waals surface area contributed by atoms with Crippen LogP contribution >= 0.6 is 0 Å². The van der Waals surface area contributed by atoms with E-state index in [1.165, 1.54) is 11.1 Å². The minimum atomic E-state index is -1.29. The van der Waals surface area contributed by atoms with Crippen LogP contribution in [0.2, 0.25) is 0 Å². The first-order valence-electron chi connectivity index (χ1n) is 9.99. The lowest BCUT2D eigenvalue weighted by atomic mass is 9.73. The Morgan fingerprint density at radius 2 is 1.75 bits per heavy atom. The number of nitrogens with zero attached hydrogens (tertiary/aromatic N) is 2. The van der Waals surface area contributed by atoms with Crippen molar-refractivity contribution in [1.82, 2.24) is 4.90 Å². The van der Waals surface area contributed by atoms with Crippen LogP contribution in [-0.2, 0) is 27.9 Å². The Balaban J connectivity index is 1.87. The van der Waals surface area contributed by atoms with Crippen LogP contribution in [0.1, 0.15) is 65.5 Å². The zero-order valence-electron chi connectivity index (χ0n) is 17.9. The minimum Gasteiger partial charge on any atom is -0.591 e. The lowest BCUT2D eigenvalue weighted by molar-refractivity contribution is 0.0190. The van der Waals surface area contributed by atoms with Crippen molar-refractivity contribution in [2.75, 3.05) is 13.1 Å². The summed E-state index contributed by atoms with van der Waals surface area (Å²) in [5, 5.41) is 0. The molecule has 1 fully saturated rings. The summed E-state index contributed by atoms with van der Waals surface area (Å²) in [6.07, 6.45) is 2.04. The highest BCUT2D eigenvalue weighted by molar-refractivity contribution is 7.91. The Labute approximate surface area is 171 Å². The maximum Gasteiger partial charge on any atom is 0.410 e. The maximum absolute atomic E-state index is 12.8. The number of hydrogen-bond donors (Lipinski definition) is 0. The van der Waals surface area contributed by atoms with Gasteiger partial charge in [-0.1, -0.05) is 28.7 Å². The molecule has 1 spiro atoms. The van der Waals surface area contributed by atoms with Crippen molar-refractivity contribution < 1.29 is 14.1 Å². The maximum atomic E-state index is 12.8. The molecule has 1 aromatic carbocycles. The largest absolute Gasteiger partial charge is 0.591 e. The van der Waals surface area contributed by atoms with Gasteiger partial charge < -0.3 is 14.2 Å². The summed E-state index contributed by atoms with van der Waals surface area (Å²) in [5.74, 6) is 0. The molecule has 3 rings (SSSR count). The first kappa shape index (κ1) is 21.2. The van der Waals surface area contributed by atoms with Crippen molar-refractivity contribution in [3.8, 4) is 0 Å². The third-order valence-corrected chi connectivity index (χ3v) is 6.86. The number of carbonyl (C=O) groups excluding carboxylic acids is 1. The molecular formula is C22H32N2O3S. The zero-order chi connectivity index (χ0) is 20.7. The molecule has 1 aliphatic heterocycles. The predicted molar refractivity (Wildman–Crippen MR) is 114 cm³/mol. The van der Waals surface area contributed by atoms with Gasteiger partial charge in [-0.2, -0.15) is 0 Å². The molecule has 1 unspecified atom stereocenters. The van der Waals surface area contributed by atoms with Crippen LogP contribution in [0.5, 0.6) is 0 Å². The third-order valence-electron chi connectivity index (χ3n) is 5.43. The van der Waals surface area contributed by atoms with Crippen molar-refractivity contribution in [1.29, 1.82) is 0 Å². The molecule has 0 bridgehead atoms. The van der Waals surface area contributed by atoms with Crippen molar-refractivity contribution in [3.05, 3.63) is 35.4 Å². The van der Waals surface area contributed by atoms with Gasteiger partial charge in [-0.15, -0.1) is 0 Å². The predicted octanol–water partition coefficient (Wildman–Crippen LogP) is 4.41. The van der Waals surface area contributed by atoms with Gasteiger partial charge in [-0.3, -0.25) is 0 Å². The Morgan fingerprint density at radius 3 is 2.32 bits per heavy atom. The first-order valence-corrected chi connectivity index (χ1v) is 11.1. The van der Waals surface area contributed by atoms with Gasteiger partial charge in [0.1, 0.15) is 21.7 Å². The molecule has 0 N–H and O–H groups in total. The van der Waals surface area contributed by atoms with Crippen LogP contribution in [0.4, 0.5) is 4.79 Å². The van der Waals surface area contributed by atoms with Gasteiger partial charge in [0.2, 0.25) is 0 Å². The quantitative estimate of drug-likeness (QED) is 0.651. The van der Waals surface area contributed by atoms with E-state index in [9.17, 15) is 9.35 Å². The molecule has 1 aromatic rings. The topological polar surface area (TPSA) is 65.0 Å². The molecule has 1 aliphatic carbocycles. The standard InChI is InChI=1S/C22H32N2O3S/c1-20(2,3)27-19(25)24-13-11-22(12-14-24)17-10-8-7-9-16(17)15-18(22)23-28(26)21(4,5)6/h7-10H,11-15H2,1-6H3. The van der Waals surface area contributed by atoms with Crippen LogP contribution in [-0.4, -0.2) is 44.7 Å². The Bertz CT molecular complexity index is 769. The minimum absolute atomic E-state index is 0.226. The molecule has 28 heavy (non-hydrogen) atoms. The molecule has 0 radical (unpaired) electrons. The van der Waals surface area contributed by atoms with Gasteiger partial charge in [0, 0.05) is 24.9 Å². The summed E-state index contributed by atoms with van der Waals surface area (Å²) in [6, 6.07) is 8.41. The molecule has 0 saturated carbocycles. The average Bonchev–Trinajstić information content (AvgIpc) is 2.87. The van der Waals surface area contributed by atoms with Crippen LogP contribution in [0.3, 0.4) is 0 Å². The van der Waals surface area contributed by atoms with E-state index in [2.05, 4.69) is 18.2 Å². The smallest absolute Gasteiger partial charge is 0.410 e. The number of fused-ring (bicyclic) bond motifs is 2. The second-order valence-electron chi connectivity index (χ2n) is 9.78. The van der Waals surface area contributed by atoms with Crippen molar-refractivity contribution in [3.63, 3.8) is 0 Å². The number of hydrogen-bond acceptors (Lipinski definition) is 4. The van der Waals surface area contributed by atoms with E-state index in [-0.39, 0.29) is 16.3 Å². The summed E-state index contributed by atoms with van der Waals surface area (Å²) < 4.78 is 22.6. The molecule has 1 heterocycles. The first-order chi connectivity index (χ1) is 12.9. The summed E-state index contributed by atoms with van der Waals surface area (Å²) in [6.45, 7) is 12.7. The molecule has 154 valence electrons. The number of likely N-dealkylation sites (tertiary alicyclic amines) is 1. The zero-order valence-corrected chi connectivity index (χ0v) is 18.7. The van der Waals surface area contributed by atoms with Gasteiger partial charge in [-0.25, -0.2) is 4.79 Å². The summed E-state index contributed by atoms with van der Waals surface area (Å²) >= 11 is -1.29. The highest BCUT2D eigenvalue weighted by Crippen LogP contribution is 2.45. The third kappa shape index (κ3) is 4.23. The lowest BCUT2D eigenvalue weighted by Gasteiger charge is -2.40. The van der Waals surface area contributed by atoms with E-state index in [1.807, 2.05) is 47.6 Å². The number of piperidine rings is 1. The lowest BCUT2D eigenvalue weighted by Crippen LogP contribution is -2.49. The van der Waals surface area contributed by atoms with E-state index in [0.29, 0.717) is 13.1 Å². The summed E-state index contributed by atoms with van der Waals surface area (Å²) in [5.41, 5.74) is 2.82. The van der Waals surface area contributed by atoms with Gasteiger partial charge in [0.25, 0.3) is 0 Å². The summed E-state index contributed by atoms with van der Waals surface area (Å²) in [7, 11) is 0. The number of rotatable bonds is 1. The van der Waals surface area contributed by atoms with E-state index in [1.54, 1.807) is 4.90 Å². The van der Waals surface area contributed by atoms with Crippen molar-refractivity contribution in [2.45, 2.75) is 76.6 Å². The van der Waals surface area contributed by atoms with Crippen LogP contribution in [0.15, 0.2) is 28.7 Å². The molecule has 5 nitrogen and oxygen atoms in total. The fourth-order valence-corrected chi connectivity index (χ4v) is 4.67. The molecule has 1 atom stereocenters. The van der Waals surface area contributed by atoms with Gasteiger partial charge >= 0.3 is 6.09 Å². The molecule has 1 amide bonds. The second kappa shape index (κ2) is 7.38. The number of ether oxygens (including phenoxy) is 1. The Kier molecular flexibility index (Phi) is 5.58. The molecular weight excluding hydrogens is 372 g/mol. The molecule has 0 aromatic heterocycles. The van der Waals surface area contributed by atoms with Gasteiger partial charge in [0.15, 0.2) is 0 Å². The molecule has 1 saturated heterocycles. The van der Waals surface area contributed by atoms with Crippen LogP contribution in [0, 0.1) is 0 Å². The number of benzene rings is 1.